The van der Waals surface area contributed by atoms with Crippen molar-refractivity contribution in [2.75, 3.05) is 11.3 Å². The molecule has 0 aliphatic rings. The number of para-hydroxylation sites is 1. The van der Waals surface area contributed by atoms with Crippen LogP contribution < -0.4 is 9.46 Å². The number of hydrogen-bond donors (Lipinski definition) is 1. The van der Waals surface area contributed by atoms with E-state index in [0.717, 1.165) is 17.5 Å². The minimum Gasteiger partial charge on any atom is -0.492 e. The molecule has 0 fully saturated rings. The molecular weight excluding hydrogens is 334 g/mol. The highest BCUT2D eigenvalue weighted by atomic mass is 35.5. The van der Waals surface area contributed by atoms with Crippen LogP contribution in [-0.2, 0) is 16.4 Å². The van der Waals surface area contributed by atoms with Crippen LogP contribution in [0.1, 0.15) is 25.0 Å². The molecule has 1 N–H and O–H groups in total. The van der Waals surface area contributed by atoms with E-state index >= 15 is 0 Å². The van der Waals surface area contributed by atoms with E-state index in [2.05, 4.69) is 4.72 Å². The number of halogens is 1. The Bertz CT molecular complexity index is 803. The Labute approximate surface area is 142 Å². The van der Waals surface area contributed by atoms with Crippen LogP contribution in [0.5, 0.6) is 5.75 Å². The predicted molar refractivity (Wildman–Crippen MR) is 94.0 cm³/mol. The van der Waals surface area contributed by atoms with Crippen molar-refractivity contribution in [2.24, 2.45) is 0 Å². The maximum absolute atomic E-state index is 12.8. The van der Waals surface area contributed by atoms with Crippen LogP contribution in [0.15, 0.2) is 41.3 Å². The molecule has 0 amide bonds. The standard InChI is InChI=1S/C17H20ClNO3S/c1-4-13-8-6-7-12(3)17(13)19-23(20,21)16-11-14(18)9-10-15(16)22-5-2/h6-11,19H,4-5H2,1-3H3. The zero-order valence-electron chi connectivity index (χ0n) is 13.4. The predicted octanol–water partition coefficient (Wildman–Crippen LogP) is 4.41. The molecule has 0 atom stereocenters. The number of aryl methyl sites for hydroxylation is 2. The van der Waals surface area contributed by atoms with Crippen molar-refractivity contribution in [1.82, 2.24) is 0 Å². The third-order valence-electron chi connectivity index (χ3n) is 3.47. The summed E-state index contributed by atoms with van der Waals surface area (Å²) in [6.45, 7) is 6.03. The Morgan fingerprint density at radius 2 is 1.91 bits per heavy atom. The third-order valence-corrected chi connectivity index (χ3v) is 5.08. The molecule has 124 valence electrons. The lowest BCUT2D eigenvalue weighted by Crippen LogP contribution is -2.16. The van der Waals surface area contributed by atoms with E-state index in [4.69, 9.17) is 16.3 Å². The van der Waals surface area contributed by atoms with Gasteiger partial charge in [0, 0.05) is 5.02 Å². The Kier molecular flexibility index (Phi) is 5.55. The molecule has 0 spiro atoms. The molecule has 0 aromatic heterocycles. The van der Waals surface area contributed by atoms with Crippen LogP contribution in [0.2, 0.25) is 5.02 Å². The van der Waals surface area contributed by atoms with Crippen molar-refractivity contribution in [3.05, 3.63) is 52.5 Å². The first-order chi connectivity index (χ1) is 10.9. The number of anilines is 1. The largest absolute Gasteiger partial charge is 0.492 e. The average molecular weight is 354 g/mol. The molecule has 0 heterocycles. The summed E-state index contributed by atoms with van der Waals surface area (Å²) in [5.41, 5.74) is 2.42. The normalized spacial score (nSPS) is 11.3. The van der Waals surface area contributed by atoms with Crippen molar-refractivity contribution in [2.45, 2.75) is 32.1 Å². The fourth-order valence-electron chi connectivity index (χ4n) is 2.33. The second kappa shape index (κ2) is 7.23. The molecule has 0 saturated carbocycles. The van der Waals surface area contributed by atoms with E-state index in [-0.39, 0.29) is 10.6 Å². The zero-order valence-corrected chi connectivity index (χ0v) is 15.0. The third kappa shape index (κ3) is 3.98. The Morgan fingerprint density at radius 3 is 2.57 bits per heavy atom. The van der Waals surface area contributed by atoms with Gasteiger partial charge in [-0.25, -0.2) is 8.42 Å². The molecule has 0 radical (unpaired) electrons. The van der Waals surface area contributed by atoms with Gasteiger partial charge in [-0.15, -0.1) is 0 Å². The minimum atomic E-state index is -3.80. The fourth-order valence-corrected chi connectivity index (χ4v) is 3.91. The summed E-state index contributed by atoms with van der Waals surface area (Å²) in [4.78, 5) is 0.0390. The van der Waals surface area contributed by atoms with Gasteiger partial charge in [0.1, 0.15) is 10.6 Å². The van der Waals surface area contributed by atoms with Crippen LogP contribution in [-0.4, -0.2) is 15.0 Å². The molecule has 0 unspecified atom stereocenters. The first kappa shape index (κ1) is 17.6. The van der Waals surface area contributed by atoms with Gasteiger partial charge in [0.15, 0.2) is 0 Å². The van der Waals surface area contributed by atoms with Crippen molar-refractivity contribution in [1.29, 1.82) is 0 Å². The Hall–Kier alpha value is -1.72. The SMILES string of the molecule is CCOc1ccc(Cl)cc1S(=O)(=O)Nc1c(C)cccc1CC. The van der Waals surface area contributed by atoms with E-state index in [9.17, 15) is 8.42 Å². The summed E-state index contributed by atoms with van der Waals surface area (Å²) >= 11 is 5.97. The number of rotatable bonds is 6. The Morgan fingerprint density at radius 1 is 1.17 bits per heavy atom. The van der Waals surface area contributed by atoms with Gasteiger partial charge >= 0.3 is 0 Å². The van der Waals surface area contributed by atoms with Crippen LogP contribution >= 0.6 is 11.6 Å². The summed E-state index contributed by atoms with van der Waals surface area (Å²) in [5.74, 6) is 0.288. The summed E-state index contributed by atoms with van der Waals surface area (Å²) in [6.07, 6.45) is 0.730. The molecule has 0 aliphatic heterocycles. The second-order valence-electron chi connectivity index (χ2n) is 5.09. The topological polar surface area (TPSA) is 55.4 Å². The van der Waals surface area contributed by atoms with E-state index < -0.39 is 10.0 Å². The molecule has 23 heavy (non-hydrogen) atoms. The number of nitrogens with one attached hydrogen (secondary N) is 1. The van der Waals surface area contributed by atoms with Crippen LogP contribution in [0, 0.1) is 6.92 Å². The highest BCUT2D eigenvalue weighted by molar-refractivity contribution is 7.92. The van der Waals surface area contributed by atoms with Crippen molar-refractivity contribution >= 4 is 27.3 Å². The molecular formula is C17H20ClNO3S. The fraction of sp³-hybridized carbons (Fsp3) is 0.294. The van der Waals surface area contributed by atoms with Gasteiger partial charge in [0.25, 0.3) is 10.0 Å². The van der Waals surface area contributed by atoms with E-state index in [1.807, 2.05) is 32.0 Å². The summed E-state index contributed by atoms with van der Waals surface area (Å²) in [6, 6.07) is 10.3. The first-order valence-electron chi connectivity index (χ1n) is 7.42. The molecule has 0 bridgehead atoms. The lowest BCUT2D eigenvalue weighted by atomic mass is 10.1. The van der Waals surface area contributed by atoms with Crippen molar-refractivity contribution < 1.29 is 13.2 Å². The van der Waals surface area contributed by atoms with E-state index in [1.165, 1.54) is 6.07 Å². The van der Waals surface area contributed by atoms with Gasteiger partial charge in [0.2, 0.25) is 0 Å². The second-order valence-corrected chi connectivity index (χ2v) is 7.18. The van der Waals surface area contributed by atoms with E-state index in [0.29, 0.717) is 17.3 Å². The summed E-state index contributed by atoms with van der Waals surface area (Å²) in [7, 11) is -3.80. The molecule has 2 aromatic rings. The number of hydrogen-bond acceptors (Lipinski definition) is 3. The zero-order chi connectivity index (χ0) is 17.0. The first-order valence-corrected chi connectivity index (χ1v) is 9.28. The van der Waals surface area contributed by atoms with Gasteiger partial charge in [-0.1, -0.05) is 36.7 Å². The van der Waals surface area contributed by atoms with Crippen molar-refractivity contribution in [3.63, 3.8) is 0 Å². The molecule has 2 aromatic carbocycles. The van der Waals surface area contributed by atoms with Gasteiger partial charge in [-0.2, -0.15) is 0 Å². The van der Waals surface area contributed by atoms with Crippen LogP contribution in [0.25, 0.3) is 0 Å². The number of benzene rings is 2. The maximum atomic E-state index is 12.8. The van der Waals surface area contributed by atoms with Crippen molar-refractivity contribution in [3.8, 4) is 5.75 Å². The summed E-state index contributed by atoms with van der Waals surface area (Å²) < 4.78 is 33.7. The van der Waals surface area contributed by atoms with Crippen LogP contribution in [0.3, 0.4) is 0 Å². The van der Waals surface area contributed by atoms with E-state index in [1.54, 1.807) is 19.1 Å². The quantitative estimate of drug-likeness (QED) is 0.836. The van der Waals surface area contributed by atoms with Gasteiger partial charge in [-0.3, -0.25) is 4.72 Å². The smallest absolute Gasteiger partial charge is 0.265 e. The molecule has 4 nitrogen and oxygen atoms in total. The number of sulfonamides is 1. The molecule has 6 heteroatoms. The lowest BCUT2D eigenvalue weighted by molar-refractivity contribution is 0.331. The highest BCUT2D eigenvalue weighted by Crippen LogP contribution is 2.31. The Balaban J connectivity index is 2.50. The monoisotopic (exact) mass is 353 g/mol. The van der Waals surface area contributed by atoms with Gasteiger partial charge in [0.05, 0.1) is 12.3 Å². The summed E-state index contributed by atoms with van der Waals surface area (Å²) in [5, 5.41) is 0.342. The highest BCUT2D eigenvalue weighted by Gasteiger charge is 2.22. The lowest BCUT2D eigenvalue weighted by Gasteiger charge is -2.16. The minimum absolute atomic E-state index is 0.0390. The molecule has 2 rings (SSSR count). The van der Waals surface area contributed by atoms with Crippen LogP contribution in [0.4, 0.5) is 5.69 Å². The maximum Gasteiger partial charge on any atom is 0.265 e. The van der Waals surface area contributed by atoms with Gasteiger partial charge in [-0.05, 0) is 49.6 Å². The number of ether oxygens (including phenoxy) is 1. The average Bonchev–Trinajstić information content (AvgIpc) is 2.51. The molecule has 0 aliphatic carbocycles. The molecule has 0 saturated heterocycles. The van der Waals surface area contributed by atoms with Gasteiger partial charge < -0.3 is 4.74 Å².